The first kappa shape index (κ1) is 22.4. The summed E-state index contributed by atoms with van der Waals surface area (Å²) in [6.45, 7) is 1.42. The minimum atomic E-state index is -0.825. The molecule has 5 nitrogen and oxygen atoms in total. The lowest BCUT2D eigenvalue weighted by molar-refractivity contribution is -0.123. The summed E-state index contributed by atoms with van der Waals surface area (Å²) >= 11 is 0. The molecule has 1 aliphatic carbocycles. The number of rotatable bonds is 4. The van der Waals surface area contributed by atoms with Crippen molar-refractivity contribution in [3.8, 4) is 11.1 Å². The molecule has 0 radical (unpaired) electrons. The first-order valence-corrected chi connectivity index (χ1v) is 12.5. The normalized spacial score (nSPS) is 26.6. The Hall–Kier alpha value is -3.06. The molecule has 1 amide bonds. The van der Waals surface area contributed by atoms with Crippen molar-refractivity contribution in [2.24, 2.45) is 7.05 Å². The van der Waals surface area contributed by atoms with E-state index in [0.29, 0.717) is 31.5 Å². The summed E-state index contributed by atoms with van der Waals surface area (Å²) in [5.74, 6) is -0.337. The topological polar surface area (TPSA) is 41.4 Å². The molecule has 182 valence electrons. The van der Waals surface area contributed by atoms with E-state index in [2.05, 4.69) is 10.00 Å². The third kappa shape index (κ3) is 3.68. The van der Waals surface area contributed by atoms with Gasteiger partial charge in [-0.1, -0.05) is 43.2 Å². The van der Waals surface area contributed by atoms with E-state index in [-0.39, 0.29) is 24.3 Å². The number of likely N-dealkylation sites (tertiary alicyclic amines) is 1. The van der Waals surface area contributed by atoms with Crippen LogP contribution >= 0.6 is 0 Å². The molecule has 2 aromatic carbocycles. The second kappa shape index (κ2) is 8.55. The summed E-state index contributed by atoms with van der Waals surface area (Å²) < 4.78 is 31.6. The number of benzene rings is 2. The van der Waals surface area contributed by atoms with E-state index in [4.69, 9.17) is 0 Å². The number of halogens is 2. The van der Waals surface area contributed by atoms with Crippen molar-refractivity contribution in [1.82, 2.24) is 14.7 Å². The van der Waals surface area contributed by atoms with Crippen molar-refractivity contribution in [1.29, 1.82) is 0 Å². The number of carbonyl (C=O) groups is 1. The number of carbonyl (C=O) groups excluding carboxylic acids is 1. The number of hydrogen-bond acceptors (Lipinski definition) is 3. The molecule has 0 N–H and O–H groups in total. The summed E-state index contributed by atoms with van der Waals surface area (Å²) in [6.07, 6.45) is 6.85. The van der Waals surface area contributed by atoms with Crippen molar-refractivity contribution in [3.05, 3.63) is 71.8 Å². The molecule has 0 bridgehead atoms. The molecular formula is C28H30F2N4O. The molecule has 3 atom stereocenters. The Bertz CT molecular complexity index is 1270. The highest BCUT2D eigenvalue weighted by Crippen LogP contribution is 2.49. The highest BCUT2D eigenvalue weighted by atomic mass is 19.1. The molecule has 3 heterocycles. The quantitative estimate of drug-likeness (QED) is 0.532. The third-order valence-corrected chi connectivity index (χ3v) is 8.20. The van der Waals surface area contributed by atoms with Crippen molar-refractivity contribution < 1.29 is 13.6 Å². The SMILES string of the molecule is Cn1cc(-c2ccc(CN3C(=O)C4(CCN(C5CCCCC5F)C4)c4ccccc43)c(F)c2)cn1. The van der Waals surface area contributed by atoms with Crippen LogP contribution in [0.5, 0.6) is 0 Å². The summed E-state index contributed by atoms with van der Waals surface area (Å²) in [5, 5.41) is 4.16. The highest BCUT2D eigenvalue weighted by molar-refractivity contribution is 6.08. The molecule has 2 aliphatic heterocycles. The fourth-order valence-electron chi connectivity index (χ4n) is 6.34. The zero-order chi connectivity index (χ0) is 24.2. The average molecular weight is 477 g/mol. The smallest absolute Gasteiger partial charge is 0.239 e. The molecule has 1 aromatic heterocycles. The van der Waals surface area contributed by atoms with E-state index in [1.165, 1.54) is 6.07 Å². The van der Waals surface area contributed by atoms with Gasteiger partial charge in [0.2, 0.25) is 5.91 Å². The predicted octanol–water partition coefficient (Wildman–Crippen LogP) is 5.00. The van der Waals surface area contributed by atoms with Gasteiger partial charge in [0, 0.05) is 49.2 Å². The maximum atomic E-state index is 15.2. The molecule has 1 saturated heterocycles. The first-order chi connectivity index (χ1) is 17.0. The largest absolute Gasteiger partial charge is 0.307 e. The lowest BCUT2D eigenvalue weighted by Gasteiger charge is -2.34. The number of aromatic nitrogens is 2. The number of alkyl halides is 1. The summed E-state index contributed by atoms with van der Waals surface area (Å²) in [4.78, 5) is 17.9. The van der Waals surface area contributed by atoms with Crippen LogP contribution in [0.3, 0.4) is 0 Å². The van der Waals surface area contributed by atoms with Crippen LogP contribution in [-0.2, 0) is 23.8 Å². The van der Waals surface area contributed by atoms with Gasteiger partial charge in [-0.05, 0) is 42.5 Å². The van der Waals surface area contributed by atoms with E-state index in [0.717, 1.165) is 41.6 Å². The molecular weight excluding hydrogens is 446 g/mol. The molecule has 3 aliphatic rings. The zero-order valence-corrected chi connectivity index (χ0v) is 20.0. The van der Waals surface area contributed by atoms with E-state index >= 15 is 4.39 Å². The Morgan fingerprint density at radius 2 is 1.94 bits per heavy atom. The van der Waals surface area contributed by atoms with Crippen LogP contribution in [0, 0.1) is 5.82 Å². The van der Waals surface area contributed by atoms with E-state index in [1.807, 2.05) is 43.6 Å². The van der Waals surface area contributed by atoms with Crippen LogP contribution in [0.2, 0.25) is 0 Å². The van der Waals surface area contributed by atoms with Gasteiger partial charge in [-0.25, -0.2) is 8.78 Å². The van der Waals surface area contributed by atoms with Gasteiger partial charge >= 0.3 is 0 Å². The summed E-state index contributed by atoms with van der Waals surface area (Å²) in [6, 6.07) is 12.9. The van der Waals surface area contributed by atoms with Crippen LogP contribution in [0.1, 0.15) is 43.2 Å². The van der Waals surface area contributed by atoms with E-state index in [1.54, 1.807) is 21.8 Å². The van der Waals surface area contributed by atoms with Gasteiger partial charge in [-0.15, -0.1) is 0 Å². The maximum Gasteiger partial charge on any atom is 0.239 e. The van der Waals surface area contributed by atoms with Gasteiger partial charge in [-0.2, -0.15) is 5.10 Å². The Kier molecular flexibility index (Phi) is 5.48. The van der Waals surface area contributed by atoms with Gasteiger partial charge in [0.15, 0.2) is 0 Å². The van der Waals surface area contributed by atoms with Gasteiger partial charge < -0.3 is 4.90 Å². The second-order valence-corrected chi connectivity index (χ2v) is 10.3. The van der Waals surface area contributed by atoms with Crippen LogP contribution in [0.4, 0.5) is 14.5 Å². The standard InChI is InChI=1S/C28H30F2N4O/c1-32-16-21(15-31-32)19-10-11-20(24(30)14-19)17-34-25-8-4-2-6-22(25)28(27(34)35)12-13-33(18-28)26-9-5-3-7-23(26)29/h2,4,6,8,10-11,14-16,23,26H,3,5,7,9,12-13,17-18H2,1H3. The minimum Gasteiger partial charge on any atom is -0.307 e. The van der Waals surface area contributed by atoms with Crippen LogP contribution in [0.15, 0.2) is 54.9 Å². The Labute approximate surface area is 204 Å². The molecule has 7 heteroatoms. The first-order valence-electron chi connectivity index (χ1n) is 12.5. The number of para-hydroxylation sites is 1. The third-order valence-electron chi connectivity index (χ3n) is 8.20. The molecule has 35 heavy (non-hydrogen) atoms. The molecule has 6 rings (SSSR count). The molecule has 3 unspecified atom stereocenters. The number of fused-ring (bicyclic) bond motifs is 2. The molecule has 3 aromatic rings. The summed E-state index contributed by atoms with van der Waals surface area (Å²) in [7, 11) is 1.83. The number of aryl methyl sites for hydroxylation is 1. The van der Waals surface area contributed by atoms with Crippen molar-refractivity contribution in [3.63, 3.8) is 0 Å². The lowest BCUT2D eigenvalue weighted by Crippen LogP contribution is -2.47. The van der Waals surface area contributed by atoms with E-state index < -0.39 is 11.6 Å². The van der Waals surface area contributed by atoms with Crippen molar-refractivity contribution in [2.75, 3.05) is 18.0 Å². The van der Waals surface area contributed by atoms with Gasteiger partial charge in [0.1, 0.15) is 12.0 Å². The van der Waals surface area contributed by atoms with Crippen molar-refractivity contribution in [2.45, 2.75) is 56.3 Å². The van der Waals surface area contributed by atoms with Gasteiger partial charge in [0.05, 0.1) is 18.2 Å². The Balaban J connectivity index is 1.28. The highest BCUT2D eigenvalue weighted by Gasteiger charge is 2.55. The number of nitrogens with zero attached hydrogens (tertiary/aromatic N) is 4. The monoisotopic (exact) mass is 476 g/mol. The fourth-order valence-corrected chi connectivity index (χ4v) is 6.34. The van der Waals surface area contributed by atoms with Crippen molar-refractivity contribution >= 4 is 11.6 Å². The van der Waals surface area contributed by atoms with E-state index in [9.17, 15) is 9.18 Å². The Morgan fingerprint density at radius 3 is 2.71 bits per heavy atom. The zero-order valence-electron chi connectivity index (χ0n) is 20.0. The second-order valence-electron chi connectivity index (χ2n) is 10.3. The maximum absolute atomic E-state index is 15.2. The van der Waals surface area contributed by atoms with Gasteiger partial charge in [0.25, 0.3) is 0 Å². The van der Waals surface area contributed by atoms with Crippen LogP contribution in [-0.4, -0.2) is 45.9 Å². The minimum absolute atomic E-state index is 0.00292. The van der Waals surface area contributed by atoms with Crippen LogP contribution < -0.4 is 4.90 Å². The predicted molar refractivity (Wildman–Crippen MR) is 131 cm³/mol. The number of hydrogen-bond donors (Lipinski definition) is 0. The summed E-state index contributed by atoms with van der Waals surface area (Å²) in [5.41, 5.74) is 3.23. The van der Waals surface area contributed by atoms with Crippen LogP contribution in [0.25, 0.3) is 11.1 Å². The molecule has 2 fully saturated rings. The lowest BCUT2D eigenvalue weighted by atomic mass is 9.80. The fraction of sp³-hybridized carbons (Fsp3) is 0.429. The molecule has 1 saturated carbocycles. The number of anilines is 1. The average Bonchev–Trinajstić information content (AvgIpc) is 3.55. The number of amides is 1. The molecule has 1 spiro atoms. The Morgan fingerprint density at radius 1 is 1.11 bits per heavy atom. The van der Waals surface area contributed by atoms with Gasteiger partial charge in [-0.3, -0.25) is 14.4 Å².